The maximum Gasteiger partial charge on any atom is 0.330 e. The third-order valence-electron chi connectivity index (χ3n) is 8.34. The van der Waals surface area contributed by atoms with Crippen molar-refractivity contribution in [2.24, 2.45) is 34.5 Å². The molecule has 3 fully saturated rings. The summed E-state index contributed by atoms with van der Waals surface area (Å²) in [6.07, 6.45) is 10.3. The highest BCUT2D eigenvalue weighted by Crippen LogP contribution is 2.65. The van der Waals surface area contributed by atoms with E-state index in [-0.39, 0.29) is 40.3 Å². The van der Waals surface area contributed by atoms with Gasteiger partial charge in [-0.05, 0) is 82.5 Å². The SMILES string of the molecule is CC(C)(C)NC(=O)C1CCC2C3CC[C@H]4OC(=O)C=C[C@]4(C)C3CC[C@]12C. The molecule has 150 valence electrons. The molecule has 0 aromatic heterocycles. The van der Waals surface area contributed by atoms with Crippen LogP contribution in [0.15, 0.2) is 12.2 Å². The molecule has 4 aliphatic rings. The van der Waals surface area contributed by atoms with Gasteiger partial charge in [0.1, 0.15) is 6.10 Å². The van der Waals surface area contributed by atoms with E-state index >= 15 is 0 Å². The van der Waals surface area contributed by atoms with Crippen molar-refractivity contribution in [3.8, 4) is 0 Å². The molecular weight excluding hydrogens is 338 g/mol. The molecule has 0 aromatic rings. The summed E-state index contributed by atoms with van der Waals surface area (Å²) in [5.74, 6) is 2.00. The largest absolute Gasteiger partial charge is 0.458 e. The van der Waals surface area contributed by atoms with E-state index in [1.165, 1.54) is 0 Å². The van der Waals surface area contributed by atoms with Crippen LogP contribution in [0, 0.1) is 34.5 Å². The number of fused-ring (bicyclic) bond motifs is 5. The molecule has 0 saturated heterocycles. The lowest BCUT2D eigenvalue weighted by Gasteiger charge is -2.58. The molecule has 1 N–H and O–H groups in total. The van der Waals surface area contributed by atoms with E-state index < -0.39 is 0 Å². The molecule has 1 amide bonds. The molecule has 4 unspecified atom stereocenters. The molecule has 0 aromatic carbocycles. The number of hydrogen-bond donors (Lipinski definition) is 1. The van der Waals surface area contributed by atoms with Gasteiger partial charge < -0.3 is 10.1 Å². The number of rotatable bonds is 1. The topological polar surface area (TPSA) is 55.4 Å². The van der Waals surface area contributed by atoms with E-state index in [9.17, 15) is 9.59 Å². The van der Waals surface area contributed by atoms with E-state index in [1.807, 2.05) is 0 Å². The van der Waals surface area contributed by atoms with Gasteiger partial charge in [-0.2, -0.15) is 0 Å². The number of amides is 1. The van der Waals surface area contributed by atoms with Crippen molar-refractivity contribution in [3.05, 3.63) is 12.2 Å². The summed E-state index contributed by atoms with van der Waals surface area (Å²) >= 11 is 0. The van der Waals surface area contributed by atoms with Gasteiger partial charge in [0, 0.05) is 22.9 Å². The van der Waals surface area contributed by atoms with Crippen LogP contribution in [-0.4, -0.2) is 23.5 Å². The number of carbonyl (C=O) groups is 2. The maximum atomic E-state index is 13.0. The Morgan fingerprint density at radius 2 is 1.85 bits per heavy atom. The highest BCUT2D eigenvalue weighted by Gasteiger charge is 2.61. The lowest BCUT2D eigenvalue weighted by Crippen LogP contribution is -2.56. The second-order valence-corrected chi connectivity index (χ2v) is 11.0. The summed E-state index contributed by atoms with van der Waals surface area (Å²) in [5, 5.41) is 3.24. The second-order valence-electron chi connectivity index (χ2n) is 11.0. The number of carbonyl (C=O) groups excluding carboxylic acids is 2. The summed E-state index contributed by atoms with van der Waals surface area (Å²) in [5.41, 5.74) is -0.107. The molecule has 3 aliphatic carbocycles. The summed E-state index contributed by atoms with van der Waals surface area (Å²) in [6.45, 7) is 10.9. The lowest BCUT2D eigenvalue weighted by molar-refractivity contribution is -0.168. The molecule has 1 heterocycles. The van der Waals surface area contributed by atoms with Crippen LogP contribution >= 0.6 is 0 Å². The summed E-state index contributed by atoms with van der Waals surface area (Å²) in [7, 11) is 0. The predicted molar refractivity (Wildman–Crippen MR) is 105 cm³/mol. The highest BCUT2D eigenvalue weighted by molar-refractivity contribution is 5.83. The zero-order valence-corrected chi connectivity index (χ0v) is 17.5. The predicted octanol–water partition coefficient (Wildman–Crippen LogP) is 4.24. The maximum absolute atomic E-state index is 13.0. The molecule has 0 bridgehead atoms. The molecule has 0 spiro atoms. The van der Waals surface area contributed by atoms with Gasteiger partial charge in [-0.3, -0.25) is 4.79 Å². The number of ether oxygens (including phenoxy) is 1. The third kappa shape index (κ3) is 2.94. The van der Waals surface area contributed by atoms with Gasteiger partial charge in [0.05, 0.1) is 0 Å². The first kappa shape index (κ1) is 19.0. The molecule has 27 heavy (non-hydrogen) atoms. The molecular formula is C23H35NO3. The van der Waals surface area contributed by atoms with E-state index in [1.54, 1.807) is 6.08 Å². The van der Waals surface area contributed by atoms with Crippen molar-refractivity contribution in [1.82, 2.24) is 5.32 Å². The average molecular weight is 374 g/mol. The van der Waals surface area contributed by atoms with E-state index in [4.69, 9.17) is 4.74 Å². The van der Waals surface area contributed by atoms with Crippen LogP contribution in [0.4, 0.5) is 0 Å². The van der Waals surface area contributed by atoms with Crippen molar-refractivity contribution < 1.29 is 14.3 Å². The van der Waals surface area contributed by atoms with Crippen molar-refractivity contribution in [3.63, 3.8) is 0 Å². The number of esters is 1. The van der Waals surface area contributed by atoms with Crippen LogP contribution in [0.2, 0.25) is 0 Å². The molecule has 4 heteroatoms. The first-order valence-corrected chi connectivity index (χ1v) is 10.8. The van der Waals surface area contributed by atoms with Gasteiger partial charge >= 0.3 is 5.97 Å². The van der Waals surface area contributed by atoms with Crippen molar-refractivity contribution in [1.29, 1.82) is 0 Å². The molecule has 4 rings (SSSR count). The highest BCUT2D eigenvalue weighted by atomic mass is 16.5. The van der Waals surface area contributed by atoms with Crippen molar-refractivity contribution in [2.45, 2.75) is 84.8 Å². The average Bonchev–Trinajstić information content (AvgIpc) is 2.91. The normalized spacial score (nSPS) is 46.1. The molecule has 7 atom stereocenters. The molecule has 1 aliphatic heterocycles. The van der Waals surface area contributed by atoms with E-state index in [2.05, 4.69) is 46.0 Å². The Morgan fingerprint density at radius 3 is 2.56 bits per heavy atom. The Labute approximate surface area is 163 Å². The summed E-state index contributed by atoms with van der Waals surface area (Å²) in [4.78, 5) is 24.8. The minimum Gasteiger partial charge on any atom is -0.458 e. The van der Waals surface area contributed by atoms with Crippen LogP contribution in [0.5, 0.6) is 0 Å². The monoisotopic (exact) mass is 373 g/mol. The Balaban J connectivity index is 1.58. The van der Waals surface area contributed by atoms with Crippen molar-refractivity contribution in [2.75, 3.05) is 0 Å². The first-order chi connectivity index (χ1) is 12.5. The molecule has 0 radical (unpaired) electrons. The van der Waals surface area contributed by atoms with Gasteiger partial charge in [-0.25, -0.2) is 4.79 Å². The summed E-state index contributed by atoms with van der Waals surface area (Å²) in [6, 6.07) is 0. The first-order valence-electron chi connectivity index (χ1n) is 10.8. The summed E-state index contributed by atoms with van der Waals surface area (Å²) < 4.78 is 5.70. The number of hydrogen-bond acceptors (Lipinski definition) is 3. The van der Waals surface area contributed by atoms with Crippen LogP contribution < -0.4 is 5.32 Å². The fraction of sp³-hybridized carbons (Fsp3) is 0.826. The Kier molecular flexibility index (Phi) is 4.29. The minimum atomic E-state index is -0.184. The fourth-order valence-corrected chi connectivity index (χ4v) is 7.09. The quantitative estimate of drug-likeness (QED) is 0.700. The zero-order valence-electron chi connectivity index (χ0n) is 17.5. The fourth-order valence-electron chi connectivity index (χ4n) is 7.09. The van der Waals surface area contributed by atoms with Gasteiger partial charge in [-0.15, -0.1) is 0 Å². The third-order valence-corrected chi connectivity index (χ3v) is 8.34. The number of nitrogens with one attached hydrogen (secondary N) is 1. The van der Waals surface area contributed by atoms with Crippen LogP contribution in [-0.2, 0) is 14.3 Å². The van der Waals surface area contributed by atoms with Gasteiger partial charge in [0.15, 0.2) is 0 Å². The minimum absolute atomic E-state index is 0.0296. The van der Waals surface area contributed by atoms with Crippen LogP contribution in [0.25, 0.3) is 0 Å². The van der Waals surface area contributed by atoms with E-state index in [0.717, 1.165) is 38.5 Å². The zero-order chi connectivity index (χ0) is 19.6. The van der Waals surface area contributed by atoms with Crippen LogP contribution in [0.1, 0.15) is 73.1 Å². The van der Waals surface area contributed by atoms with Gasteiger partial charge in [0.25, 0.3) is 0 Å². The van der Waals surface area contributed by atoms with Gasteiger partial charge in [0.2, 0.25) is 5.91 Å². The Bertz CT molecular complexity index is 678. The molecule has 4 nitrogen and oxygen atoms in total. The molecule has 3 saturated carbocycles. The van der Waals surface area contributed by atoms with Crippen LogP contribution in [0.3, 0.4) is 0 Å². The van der Waals surface area contributed by atoms with Gasteiger partial charge in [-0.1, -0.05) is 19.9 Å². The van der Waals surface area contributed by atoms with Crippen molar-refractivity contribution >= 4 is 11.9 Å². The smallest absolute Gasteiger partial charge is 0.330 e. The Morgan fingerprint density at radius 1 is 1.11 bits per heavy atom. The standard InChI is InChI=1S/C23H35NO3/c1-21(2,3)24-20(26)17-8-7-15-14-6-9-18-23(5,13-11-19(25)27-18)16(14)10-12-22(15,17)4/h11,13-18H,6-10,12H2,1-5H3,(H,24,26)/t14?,15?,16?,17?,18-,22+,23-/m1/s1. The Hall–Kier alpha value is -1.32. The van der Waals surface area contributed by atoms with E-state index in [0.29, 0.717) is 17.8 Å². The second kappa shape index (κ2) is 6.09. The lowest BCUT2D eigenvalue weighted by atomic mass is 9.48.